The Balaban J connectivity index is 1.56. The normalized spacial score (nSPS) is 17.9. The Labute approximate surface area is 121 Å². The zero-order chi connectivity index (χ0) is 14.9. The summed E-state index contributed by atoms with van der Waals surface area (Å²) >= 11 is 0. The molecule has 3 N–H and O–H groups in total. The number of benzene rings is 1. The third-order valence-corrected chi connectivity index (χ3v) is 3.86. The number of rotatable bonds is 5. The van der Waals surface area contributed by atoms with E-state index in [9.17, 15) is 9.59 Å². The third kappa shape index (κ3) is 2.64. The highest BCUT2D eigenvalue weighted by Gasteiger charge is 2.44. The van der Waals surface area contributed by atoms with Crippen molar-refractivity contribution >= 4 is 17.6 Å². The van der Waals surface area contributed by atoms with Gasteiger partial charge in [0.2, 0.25) is 12.7 Å². The minimum atomic E-state index is -0.938. The predicted molar refractivity (Wildman–Crippen MR) is 73.4 cm³/mol. The summed E-state index contributed by atoms with van der Waals surface area (Å²) in [4.78, 5) is 23.1. The number of ether oxygens (including phenoxy) is 2. The molecule has 1 aromatic rings. The Morgan fingerprint density at radius 3 is 2.67 bits per heavy atom. The van der Waals surface area contributed by atoms with Crippen molar-refractivity contribution in [1.29, 1.82) is 0 Å². The standard InChI is InChI=1S/C14H16N2O5/c17-12(7-15-14(13(18)19)4-1-5-14)16-9-2-3-10-11(6-9)21-8-20-10/h2-3,6,15H,1,4-5,7-8H2,(H,16,17)(H,18,19). The number of anilines is 1. The largest absolute Gasteiger partial charge is 0.480 e. The Morgan fingerprint density at radius 1 is 1.24 bits per heavy atom. The molecule has 0 radical (unpaired) electrons. The fraction of sp³-hybridized carbons (Fsp3) is 0.429. The molecule has 1 aromatic carbocycles. The zero-order valence-corrected chi connectivity index (χ0v) is 11.3. The molecule has 3 rings (SSSR count). The van der Waals surface area contributed by atoms with Crippen LogP contribution in [0.4, 0.5) is 5.69 Å². The second kappa shape index (κ2) is 5.25. The van der Waals surface area contributed by atoms with Gasteiger partial charge in [-0.1, -0.05) is 0 Å². The lowest BCUT2D eigenvalue weighted by Crippen LogP contribution is -2.58. The summed E-state index contributed by atoms with van der Waals surface area (Å²) in [6.07, 6.45) is 1.97. The SMILES string of the molecule is O=C(CNC1(C(=O)O)CCC1)Nc1ccc2c(c1)OCO2. The first-order valence-electron chi connectivity index (χ1n) is 6.77. The van der Waals surface area contributed by atoms with E-state index in [0.717, 1.165) is 6.42 Å². The maximum atomic E-state index is 11.9. The summed E-state index contributed by atoms with van der Waals surface area (Å²) in [5.41, 5.74) is -0.351. The van der Waals surface area contributed by atoms with Gasteiger partial charge in [0.25, 0.3) is 0 Å². The number of carboxylic acid groups (broad SMARTS) is 1. The number of nitrogens with one attached hydrogen (secondary N) is 2. The molecule has 1 saturated carbocycles. The topological polar surface area (TPSA) is 96.9 Å². The van der Waals surface area contributed by atoms with Crippen LogP contribution in [-0.4, -0.2) is 35.9 Å². The predicted octanol–water partition coefficient (Wildman–Crippen LogP) is 0.951. The van der Waals surface area contributed by atoms with Crippen LogP contribution < -0.4 is 20.1 Å². The van der Waals surface area contributed by atoms with E-state index in [4.69, 9.17) is 14.6 Å². The second-order valence-electron chi connectivity index (χ2n) is 5.21. The van der Waals surface area contributed by atoms with Gasteiger partial charge in [0.05, 0.1) is 6.54 Å². The van der Waals surface area contributed by atoms with Gasteiger partial charge in [-0.3, -0.25) is 14.9 Å². The van der Waals surface area contributed by atoms with Gasteiger partial charge in [0.15, 0.2) is 11.5 Å². The number of aliphatic carboxylic acids is 1. The average Bonchev–Trinajstić information content (AvgIpc) is 2.84. The number of carbonyl (C=O) groups excluding carboxylic acids is 1. The lowest BCUT2D eigenvalue weighted by Gasteiger charge is -2.38. The quantitative estimate of drug-likeness (QED) is 0.747. The average molecular weight is 292 g/mol. The molecule has 1 fully saturated rings. The highest BCUT2D eigenvalue weighted by atomic mass is 16.7. The van der Waals surface area contributed by atoms with Crippen LogP contribution in [0.25, 0.3) is 0 Å². The second-order valence-corrected chi connectivity index (χ2v) is 5.21. The Kier molecular flexibility index (Phi) is 3.42. The van der Waals surface area contributed by atoms with Crippen LogP contribution >= 0.6 is 0 Å². The van der Waals surface area contributed by atoms with Gasteiger partial charge in [-0.05, 0) is 31.4 Å². The number of hydrogen-bond donors (Lipinski definition) is 3. The molecular weight excluding hydrogens is 276 g/mol. The Morgan fingerprint density at radius 2 is 2.00 bits per heavy atom. The van der Waals surface area contributed by atoms with E-state index in [1.165, 1.54) is 0 Å². The van der Waals surface area contributed by atoms with E-state index in [1.807, 2.05) is 0 Å². The molecular formula is C14H16N2O5. The smallest absolute Gasteiger partial charge is 0.323 e. The minimum Gasteiger partial charge on any atom is -0.480 e. The van der Waals surface area contributed by atoms with E-state index in [1.54, 1.807) is 18.2 Å². The molecule has 1 aliphatic heterocycles. The number of fused-ring (bicyclic) bond motifs is 1. The summed E-state index contributed by atoms with van der Waals surface area (Å²) in [6, 6.07) is 5.11. The first-order chi connectivity index (χ1) is 10.1. The zero-order valence-electron chi connectivity index (χ0n) is 11.3. The first-order valence-corrected chi connectivity index (χ1v) is 6.77. The molecule has 0 spiro atoms. The van der Waals surface area contributed by atoms with Crippen LogP contribution in [0.15, 0.2) is 18.2 Å². The monoisotopic (exact) mass is 292 g/mol. The molecule has 0 atom stereocenters. The van der Waals surface area contributed by atoms with Gasteiger partial charge in [-0.2, -0.15) is 0 Å². The summed E-state index contributed by atoms with van der Waals surface area (Å²) in [5, 5.41) is 14.7. The number of carboxylic acids is 1. The van der Waals surface area contributed by atoms with Gasteiger partial charge in [0.1, 0.15) is 5.54 Å². The highest BCUT2D eigenvalue weighted by molar-refractivity contribution is 5.93. The molecule has 0 bridgehead atoms. The van der Waals surface area contributed by atoms with Crippen molar-refractivity contribution in [2.75, 3.05) is 18.7 Å². The first kappa shape index (κ1) is 13.7. The van der Waals surface area contributed by atoms with Crippen LogP contribution in [0, 0.1) is 0 Å². The Hall–Kier alpha value is -2.28. The molecule has 0 saturated heterocycles. The van der Waals surface area contributed by atoms with E-state index >= 15 is 0 Å². The van der Waals surface area contributed by atoms with Crippen LogP contribution in [0.1, 0.15) is 19.3 Å². The van der Waals surface area contributed by atoms with Crippen molar-refractivity contribution in [1.82, 2.24) is 5.32 Å². The van der Waals surface area contributed by atoms with Crippen LogP contribution in [-0.2, 0) is 9.59 Å². The molecule has 21 heavy (non-hydrogen) atoms. The molecule has 1 heterocycles. The maximum absolute atomic E-state index is 11.9. The molecule has 2 aliphatic rings. The van der Waals surface area contributed by atoms with Gasteiger partial charge in [-0.15, -0.1) is 0 Å². The van der Waals surface area contributed by atoms with Crippen LogP contribution in [0.3, 0.4) is 0 Å². The summed E-state index contributed by atoms with van der Waals surface area (Å²) in [5.74, 6) is 0.0400. The van der Waals surface area contributed by atoms with Crippen molar-refractivity contribution in [2.45, 2.75) is 24.8 Å². The minimum absolute atomic E-state index is 0.0409. The summed E-state index contributed by atoms with van der Waals surface area (Å²) in [7, 11) is 0. The maximum Gasteiger partial charge on any atom is 0.323 e. The van der Waals surface area contributed by atoms with E-state index in [0.29, 0.717) is 30.0 Å². The number of amides is 1. The molecule has 7 nitrogen and oxygen atoms in total. The van der Waals surface area contributed by atoms with E-state index in [2.05, 4.69) is 10.6 Å². The molecule has 1 amide bonds. The van der Waals surface area contributed by atoms with Gasteiger partial charge in [-0.25, -0.2) is 0 Å². The van der Waals surface area contributed by atoms with Crippen molar-refractivity contribution in [2.24, 2.45) is 0 Å². The molecule has 0 unspecified atom stereocenters. The van der Waals surface area contributed by atoms with Gasteiger partial charge >= 0.3 is 5.97 Å². The number of carbonyl (C=O) groups is 2. The number of hydrogen-bond acceptors (Lipinski definition) is 5. The van der Waals surface area contributed by atoms with Gasteiger partial charge in [0, 0.05) is 11.8 Å². The van der Waals surface area contributed by atoms with Crippen molar-refractivity contribution in [3.05, 3.63) is 18.2 Å². The fourth-order valence-electron chi connectivity index (χ4n) is 2.43. The molecule has 112 valence electrons. The highest BCUT2D eigenvalue weighted by Crippen LogP contribution is 2.34. The van der Waals surface area contributed by atoms with Crippen molar-refractivity contribution < 1.29 is 24.2 Å². The molecule has 1 aliphatic carbocycles. The van der Waals surface area contributed by atoms with Crippen LogP contribution in [0.5, 0.6) is 11.5 Å². The van der Waals surface area contributed by atoms with Crippen molar-refractivity contribution in [3.8, 4) is 11.5 Å². The van der Waals surface area contributed by atoms with Crippen molar-refractivity contribution in [3.63, 3.8) is 0 Å². The third-order valence-electron chi connectivity index (χ3n) is 3.86. The lowest BCUT2D eigenvalue weighted by atomic mass is 9.77. The molecule has 7 heteroatoms. The fourth-order valence-corrected chi connectivity index (χ4v) is 2.43. The van der Waals surface area contributed by atoms with E-state index in [-0.39, 0.29) is 19.2 Å². The molecule has 0 aromatic heterocycles. The summed E-state index contributed by atoms with van der Waals surface area (Å²) < 4.78 is 10.4. The Bertz CT molecular complexity index is 583. The van der Waals surface area contributed by atoms with Crippen LogP contribution in [0.2, 0.25) is 0 Å². The lowest BCUT2D eigenvalue weighted by molar-refractivity contribution is -0.148. The summed E-state index contributed by atoms with van der Waals surface area (Å²) in [6.45, 7) is 0.135. The van der Waals surface area contributed by atoms with E-state index < -0.39 is 11.5 Å². The van der Waals surface area contributed by atoms with Gasteiger partial charge < -0.3 is 19.9 Å².